The summed E-state index contributed by atoms with van der Waals surface area (Å²) in [5.74, 6) is -0.953. The maximum Gasteiger partial charge on any atom is 0.293 e. The number of anilines is 1. The van der Waals surface area contributed by atoms with Crippen LogP contribution >= 0.6 is 0 Å². The topological polar surface area (TPSA) is 123 Å². The molecule has 3 N–H and O–H groups in total. The van der Waals surface area contributed by atoms with Crippen LogP contribution in [-0.4, -0.2) is 50.8 Å². The number of amides is 2. The molecule has 0 spiro atoms. The average Bonchev–Trinajstić information content (AvgIpc) is 2.74. The highest BCUT2D eigenvalue weighted by Crippen LogP contribution is 2.21. The summed E-state index contributed by atoms with van der Waals surface area (Å²) >= 11 is 0. The zero-order valence-electron chi connectivity index (χ0n) is 15.9. The zero-order chi connectivity index (χ0) is 21.0. The minimum Gasteiger partial charge on any atom is -0.379 e. The second kappa shape index (κ2) is 8.68. The second-order valence-electron chi connectivity index (χ2n) is 6.61. The first-order valence-corrected chi connectivity index (χ1v) is 10.5. The first-order valence-electron chi connectivity index (χ1n) is 9.08. The smallest absolute Gasteiger partial charge is 0.293 e. The number of carbonyl (C=O) groups excluding carboxylic acids is 2. The minimum absolute atomic E-state index is 0.105. The van der Waals surface area contributed by atoms with Crippen molar-refractivity contribution >= 4 is 27.5 Å². The van der Waals surface area contributed by atoms with Crippen LogP contribution in [0.15, 0.2) is 53.7 Å². The van der Waals surface area contributed by atoms with Crippen LogP contribution in [0.4, 0.5) is 5.69 Å². The molecule has 0 bridgehead atoms. The van der Waals surface area contributed by atoms with Crippen molar-refractivity contribution in [1.82, 2.24) is 4.31 Å². The SMILES string of the molecule is C[C@H](C(=O)Nc1cccc(S(=O)(=O)N2CCOCC2)c1)[n+]1cccc(C(N)=O)c1. The highest BCUT2D eigenvalue weighted by Gasteiger charge is 2.27. The number of carbonyl (C=O) groups is 2. The lowest BCUT2D eigenvalue weighted by Crippen LogP contribution is -2.44. The average molecular weight is 419 g/mol. The number of sulfonamides is 1. The zero-order valence-corrected chi connectivity index (χ0v) is 16.8. The molecule has 2 amide bonds. The molecule has 10 heteroatoms. The molecular formula is C19H23N4O5S+. The number of aromatic nitrogens is 1. The van der Waals surface area contributed by atoms with Crippen molar-refractivity contribution in [3.05, 3.63) is 54.4 Å². The molecule has 9 nitrogen and oxygen atoms in total. The third kappa shape index (κ3) is 4.78. The Labute approximate surface area is 169 Å². The monoisotopic (exact) mass is 419 g/mol. The molecule has 29 heavy (non-hydrogen) atoms. The fourth-order valence-electron chi connectivity index (χ4n) is 2.93. The van der Waals surface area contributed by atoms with Gasteiger partial charge in [-0.15, -0.1) is 0 Å². The third-order valence-corrected chi connectivity index (χ3v) is 6.54. The standard InChI is InChI=1S/C19H22N4O5S/c1-14(22-7-3-4-15(13-22)18(20)24)19(25)21-16-5-2-6-17(12-16)29(26,27)23-8-10-28-11-9-23/h2-7,12-14H,8-11H2,1H3,(H2-,20,21,24,25)/p+1/t14-/m1/s1. The van der Waals surface area contributed by atoms with Gasteiger partial charge in [0.1, 0.15) is 5.56 Å². The van der Waals surface area contributed by atoms with Crippen LogP contribution in [0.5, 0.6) is 0 Å². The maximum atomic E-state index is 12.8. The Morgan fingerprint density at radius 2 is 1.93 bits per heavy atom. The maximum absolute atomic E-state index is 12.8. The number of nitrogens with two attached hydrogens (primary N) is 1. The van der Waals surface area contributed by atoms with Crippen molar-refractivity contribution in [2.75, 3.05) is 31.6 Å². The van der Waals surface area contributed by atoms with Crippen molar-refractivity contribution in [3.8, 4) is 0 Å². The number of primary amides is 1. The van der Waals surface area contributed by atoms with E-state index >= 15 is 0 Å². The number of ether oxygens (including phenoxy) is 1. The van der Waals surface area contributed by atoms with E-state index in [1.807, 2.05) is 0 Å². The molecule has 2 aromatic rings. The van der Waals surface area contributed by atoms with Crippen LogP contribution in [-0.2, 0) is 19.6 Å². The van der Waals surface area contributed by atoms with Gasteiger partial charge in [0, 0.05) is 31.8 Å². The van der Waals surface area contributed by atoms with E-state index in [9.17, 15) is 18.0 Å². The number of nitrogens with zero attached hydrogens (tertiary/aromatic N) is 2. The quantitative estimate of drug-likeness (QED) is 0.652. The van der Waals surface area contributed by atoms with Crippen LogP contribution in [0.3, 0.4) is 0 Å². The Morgan fingerprint density at radius 1 is 1.21 bits per heavy atom. The van der Waals surface area contributed by atoms with Gasteiger partial charge in [0.25, 0.3) is 11.8 Å². The molecule has 1 atom stereocenters. The lowest BCUT2D eigenvalue weighted by Gasteiger charge is -2.26. The Bertz CT molecular complexity index is 1020. The molecular weight excluding hydrogens is 396 g/mol. The van der Waals surface area contributed by atoms with E-state index in [1.165, 1.54) is 22.6 Å². The lowest BCUT2D eigenvalue weighted by atomic mass is 10.2. The van der Waals surface area contributed by atoms with Crippen LogP contribution in [0, 0.1) is 0 Å². The van der Waals surface area contributed by atoms with Crippen molar-refractivity contribution in [1.29, 1.82) is 0 Å². The molecule has 1 fully saturated rings. The lowest BCUT2D eigenvalue weighted by molar-refractivity contribution is -0.705. The Morgan fingerprint density at radius 3 is 2.62 bits per heavy atom. The Hall–Kier alpha value is -2.82. The predicted molar refractivity (Wildman–Crippen MR) is 105 cm³/mol. The van der Waals surface area contributed by atoms with Crippen molar-refractivity contribution in [2.45, 2.75) is 17.9 Å². The molecule has 0 unspecified atom stereocenters. The summed E-state index contributed by atoms with van der Waals surface area (Å²) in [4.78, 5) is 24.1. The number of hydrogen-bond donors (Lipinski definition) is 2. The van der Waals surface area contributed by atoms with E-state index in [0.29, 0.717) is 32.0 Å². The number of nitrogens with one attached hydrogen (secondary N) is 1. The Balaban J connectivity index is 1.76. The van der Waals surface area contributed by atoms with Gasteiger partial charge >= 0.3 is 0 Å². The second-order valence-corrected chi connectivity index (χ2v) is 8.55. The fourth-order valence-corrected chi connectivity index (χ4v) is 4.39. The molecule has 2 heterocycles. The fraction of sp³-hybridized carbons (Fsp3) is 0.316. The highest BCUT2D eigenvalue weighted by atomic mass is 32.2. The number of pyridine rings is 1. The Kier molecular flexibility index (Phi) is 6.26. The summed E-state index contributed by atoms with van der Waals surface area (Å²) in [5, 5.41) is 2.72. The molecule has 1 saturated heterocycles. The summed E-state index contributed by atoms with van der Waals surface area (Å²) in [7, 11) is -3.66. The van der Waals surface area contributed by atoms with Gasteiger partial charge in [-0.25, -0.2) is 8.42 Å². The molecule has 1 aromatic heterocycles. The molecule has 0 aliphatic carbocycles. The minimum atomic E-state index is -3.66. The molecule has 0 saturated carbocycles. The van der Waals surface area contributed by atoms with Gasteiger partial charge in [0.15, 0.2) is 12.4 Å². The largest absolute Gasteiger partial charge is 0.379 e. The van der Waals surface area contributed by atoms with E-state index in [4.69, 9.17) is 10.5 Å². The van der Waals surface area contributed by atoms with Crippen LogP contribution in [0.25, 0.3) is 0 Å². The van der Waals surface area contributed by atoms with E-state index < -0.39 is 22.0 Å². The summed E-state index contributed by atoms with van der Waals surface area (Å²) < 4.78 is 33.7. The van der Waals surface area contributed by atoms with Gasteiger partial charge in [-0.05, 0) is 24.3 Å². The first-order chi connectivity index (χ1) is 13.8. The van der Waals surface area contributed by atoms with E-state index in [2.05, 4.69) is 5.32 Å². The van der Waals surface area contributed by atoms with Gasteiger partial charge in [0.05, 0.1) is 18.1 Å². The molecule has 1 aliphatic heterocycles. The number of benzene rings is 1. The van der Waals surface area contributed by atoms with Crippen molar-refractivity contribution < 1.29 is 27.3 Å². The normalized spacial score (nSPS) is 16.2. The molecule has 1 aliphatic rings. The van der Waals surface area contributed by atoms with Gasteiger partial charge < -0.3 is 15.8 Å². The number of morpholine rings is 1. The number of hydrogen-bond acceptors (Lipinski definition) is 5. The third-order valence-electron chi connectivity index (χ3n) is 4.64. The van der Waals surface area contributed by atoms with Crippen LogP contribution in [0.1, 0.15) is 23.3 Å². The van der Waals surface area contributed by atoms with Crippen molar-refractivity contribution in [2.24, 2.45) is 5.73 Å². The van der Waals surface area contributed by atoms with E-state index in [1.54, 1.807) is 42.0 Å². The van der Waals surface area contributed by atoms with E-state index in [0.717, 1.165) is 0 Å². The van der Waals surface area contributed by atoms with Gasteiger partial charge in [0.2, 0.25) is 16.1 Å². The predicted octanol–water partition coefficient (Wildman–Crippen LogP) is 0.294. The number of rotatable bonds is 6. The van der Waals surface area contributed by atoms with Gasteiger partial charge in [-0.3, -0.25) is 9.59 Å². The molecule has 154 valence electrons. The van der Waals surface area contributed by atoms with Gasteiger partial charge in [-0.2, -0.15) is 8.87 Å². The first kappa shape index (κ1) is 20.9. The molecule has 3 rings (SSSR count). The highest BCUT2D eigenvalue weighted by molar-refractivity contribution is 7.89. The molecule has 1 aromatic carbocycles. The van der Waals surface area contributed by atoms with Crippen LogP contribution in [0.2, 0.25) is 0 Å². The molecule has 0 radical (unpaired) electrons. The summed E-state index contributed by atoms with van der Waals surface area (Å²) in [6.45, 7) is 2.96. The van der Waals surface area contributed by atoms with Gasteiger partial charge in [-0.1, -0.05) is 6.07 Å². The van der Waals surface area contributed by atoms with E-state index in [-0.39, 0.29) is 16.4 Å². The summed E-state index contributed by atoms with van der Waals surface area (Å²) in [5.41, 5.74) is 5.93. The van der Waals surface area contributed by atoms with Crippen LogP contribution < -0.4 is 15.6 Å². The summed E-state index contributed by atoms with van der Waals surface area (Å²) in [6, 6.07) is 8.66. The van der Waals surface area contributed by atoms with Crippen molar-refractivity contribution in [3.63, 3.8) is 0 Å². The summed E-state index contributed by atoms with van der Waals surface area (Å²) in [6.07, 6.45) is 3.14.